The summed E-state index contributed by atoms with van der Waals surface area (Å²) >= 11 is 0. The molecular weight excluding hydrogens is 250 g/mol. The predicted octanol–water partition coefficient (Wildman–Crippen LogP) is 2.78. The van der Waals surface area contributed by atoms with Crippen LogP contribution in [-0.2, 0) is 31.2 Å². The number of hydrogen-bond donors (Lipinski definition) is 1. The molecule has 108 valence electrons. The van der Waals surface area contributed by atoms with E-state index in [0.717, 1.165) is 31.7 Å². The SMILES string of the molecule is CCc1cc(CNc2ccccc2CCOC)n(C)n1. The van der Waals surface area contributed by atoms with Crippen LogP contribution in [0.25, 0.3) is 0 Å². The van der Waals surface area contributed by atoms with Gasteiger partial charge in [-0.15, -0.1) is 0 Å². The molecule has 0 saturated carbocycles. The molecule has 0 aliphatic heterocycles. The van der Waals surface area contributed by atoms with Crippen molar-refractivity contribution in [1.82, 2.24) is 9.78 Å². The third-order valence-electron chi connectivity index (χ3n) is 3.44. The average molecular weight is 273 g/mol. The van der Waals surface area contributed by atoms with Gasteiger partial charge in [0.05, 0.1) is 24.5 Å². The number of anilines is 1. The summed E-state index contributed by atoms with van der Waals surface area (Å²) in [6.07, 6.45) is 1.89. The molecule has 4 nitrogen and oxygen atoms in total. The first-order valence-electron chi connectivity index (χ1n) is 7.07. The minimum absolute atomic E-state index is 0.740. The van der Waals surface area contributed by atoms with Gasteiger partial charge >= 0.3 is 0 Å². The summed E-state index contributed by atoms with van der Waals surface area (Å²) in [7, 11) is 3.73. The van der Waals surface area contributed by atoms with Gasteiger partial charge in [0.15, 0.2) is 0 Å². The summed E-state index contributed by atoms with van der Waals surface area (Å²) in [4.78, 5) is 0. The third kappa shape index (κ3) is 3.61. The normalized spacial score (nSPS) is 10.8. The number of nitrogens with zero attached hydrogens (tertiary/aromatic N) is 2. The zero-order valence-electron chi connectivity index (χ0n) is 12.5. The maximum absolute atomic E-state index is 5.16. The van der Waals surface area contributed by atoms with Crippen LogP contribution in [0.2, 0.25) is 0 Å². The van der Waals surface area contributed by atoms with E-state index in [9.17, 15) is 0 Å². The zero-order chi connectivity index (χ0) is 14.4. The number of ether oxygens (including phenoxy) is 1. The quantitative estimate of drug-likeness (QED) is 0.843. The van der Waals surface area contributed by atoms with E-state index < -0.39 is 0 Å². The number of para-hydroxylation sites is 1. The summed E-state index contributed by atoms with van der Waals surface area (Å²) in [5.41, 5.74) is 4.79. The van der Waals surface area contributed by atoms with Crippen molar-refractivity contribution in [2.75, 3.05) is 19.0 Å². The minimum Gasteiger partial charge on any atom is -0.384 e. The molecule has 0 saturated heterocycles. The Morgan fingerprint density at radius 2 is 2.10 bits per heavy atom. The van der Waals surface area contributed by atoms with Crippen molar-refractivity contribution in [2.24, 2.45) is 7.05 Å². The fourth-order valence-corrected chi connectivity index (χ4v) is 2.22. The largest absolute Gasteiger partial charge is 0.384 e. The lowest BCUT2D eigenvalue weighted by atomic mass is 10.1. The highest BCUT2D eigenvalue weighted by Gasteiger charge is 2.05. The van der Waals surface area contributed by atoms with Gasteiger partial charge in [-0.25, -0.2) is 0 Å². The topological polar surface area (TPSA) is 39.1 Å². The van der Waals surface area contributed by atoms with Crippen LogP contribution in [0.4, 0.5) is 5.69 Å². The summed E-state index contributed by atoms with van der Waals surface area (Å²) in [5.74, 6) is 0. The van der Waals surface area contributed by atoms with E-state index in [4.69, 9.17) is 4.74 Å². The van der Waals surface area contributed by atoms with Crippen LogP contribution in [0.5, 0.6) is 0 Å². The number of rotatable bonds is 7. The van der Waals surface area contributed by atoms with Crippen LogP contribution < -0.4 is 5.32 Å². The monoisotopic (exact) mass is 273 g/mol. The predicted molar refractivity (Wildman–Crippen MR) is 81.9 cm³/mol. The van der Waals surface area contributed by atoms with Crippen LogP contribution in [0.1, 0.15) is 23.9 Å². The number of methoxy groups -OCH3 is 1. The Morgan fingerprint density at radius 3 is 2.80 bits per heavy atom. The number of nitrogens with one attached hydrogen (secondary N) is 1. The van der Waals surface area contributed by atoms with Gasteiger partial charge in [0.25, 0.3) is 0 Å². The molecule has 1 aromatic heterocycles. The maximum atomic E-state index is 5.16. The highest BCUT2D eigenvalue weighted by atomic mass is 16.5. The van der Waals surface area contributed by atoms with Crippen LogP contribution in [0, 0.1) is 0 Å². The first-order valence-corrected chi connectivity index (χ1v) is 7.07. The van der Waals surface area contributed by atoms with Gasteiger partial charge in [-0.2, -0.15) is 5.10 Å². The first-order chi connectivity index (χ1) is 9.74. The summed E-state index contributed by atoms with van der Waals surface area (Å²) < 4.78 is 7.11. The second kappa shape index (κ2) is 7.10. The Bertz CT molecular complexity index is 548. The van der Waals surface area contributed by atoms with E-state index >= 15 is 0 Å². The van der Waals surface area contributed by atoms with E-state index in [1.54, 1.807) is 7.11 Å². The molecule has 1 aromatic carbocycles. The summed E-state index contributed by atoms with van der Waals surface area (Å²) in [6.45, 7) is 3.65. The summed E-state index contributed by atoms with van der Waals surface area (Å²) in [6, 6.07) is 10.5. The molecule has 1 heterocycles. The summed E-state index contributed by atoms with van der Waals surface area (Å²) in [5, 5.41) is 7.97. The van der Waals surface area contributed by atoms with Crippen molar-refractivity contribution in [2.45, 2.75) is 26.3 Å². The highest BCUT2D eigenvalue weighted by molar-refractivity contribution is 5.51. The van der Waals surface area contributed by atoms with Gasteiger partial charge in [0.1, 0.15) is 0 Å². The van der Waals surface area contributed by atoms with Gasteiger partial charge in [-0.3, -0.25) is 4.68 Å². The van der Waals surface area contributed by atoms with Crippen LogP contribution in [0.15, 0.2) is 30.3 Å². The fraction of sp³-hybridized carbons (Fsp3) is 0.438. The average Bonchev–Trinajstić information content (AvgIpc) is 2.84. The molecule has 0 bridgehead atoms. The van der Waals surface area contributed by atoms with Gasteiger partial charge in [-0.1, -0.05) is 25.1 Å². The molecule has 0 aliphatic carbocycles. The lowest BCUT2D eigenvalue weighted by Gasteiger charge is -2.11. The molecule has 2 rings (SSSR count). The van der Waals surface area contributed by atoms with Gasteiger partial charge < -0.3 is 10.1 Å². The van der Waals surface area contributed by atoms with Gasteiger partial charge in [0, 0.05) is 19.8 Å². The number of benzene rings is 1. The third-order valence-corrected chi connectivity index (χ3v) is 3.44. The van der Waals surface area contributed by atoms with E-state index in [1.807, 2.05) is 11.7 Å². The lowest BCUT2D eigenvalue weighted by molar-refractivity contribution is 0.202. The number of aryl methyl sites for hydroxylation is 2. The number of hydrogen-bond acceptors (Lipinski definition) is 3. The smallest absolute Gasteiger partial charge is 0.0625 e. The molecule has 1 N–H and O–H groups in total. The highest BCUT2D eigenvalue weighted by Crippen LogP contribution is 2.17. The van der Waals surface area contributed by atoms with Crippen molar-refractivity contribution in [1.29, 1.82) is 0 Å². The standard InChI is InChI=1S/C16H23N3O/c1-4-14-11-15(19(2)18-14)12-17-16-8-6-5-7-13(16)9-10-20-3/h5-8,11,17H,4,9-10,12H2,1-3H3. The molecule has 0 atom stereocenters. The van der Waals surface area contributed by atoms with Crippen molar-refractivity contribution in [3.8, 4) is 0 Å². The number of aromatic nitrogens is 2. The van der Waals surface area contributed by atoms with Crippen LogP contribution in [0.3, 0.4) is 0 Å². The second-order valence-electron chi connectivity index (χ2n) is 4.86. The molecule has 0 radical (unpaired) electrons. The van der Waals surface area contributed by atoms with E-state index in [-0.39, 0.29) is 0 Å². The molecule has 0 unspecified atom stereocenters. The molecule has 2 aromatic rings. The molecule has 0 aliphatic rings. The Labute approximate surface area is 120 Å². The van der Waals surface area contributed by atoms with Crippen molar-refractivity contribution in [3.63, 3.8) is 0 Å². The van der Waals surface area contributed by atoms with E-state index in [0.29, 0.717) is 0 Å². The van der Waals surface area contributed by atoms with Crippen molar-refractivity contribution >= 4 is 5.69 Å². The van der Waals surface area contributed by atoms with Gasteiger partial charge in [-0.05, 0) is 30.5 Å². The van der Waals surface area contributed by atoms with Crippen molar-refractivity contribution < 1.29 is 4.74 Å². The van der Waals surface area contributed by atoms with Crippen LogP contribution in [-0.4, -0.2) is 23.5 Å². The van der Waals surface area contributed by atoms with Gasteiger partial charge in [0.2, 0.25) is 0 Å². The molecule has 0 spiro atoms. The van der Waals surface area contributed by atoms with E-state index in [1.165, 1.54) is 16.9 Å². The molecule has 0 fully saturated rings. The first kappa shape index (κ1) is 14.6. The Balaban J connectivity index is 2.04. The Morgan fingerprint density at radius 1 is 1.30 bits per heavy atom. The Hall–Kier alpha value is -1.81. The molecule has 20 heavy (non-hydrogen) atoms. The minimum atomic E-state index is 0.740. The second-order valence-corrected chi connectivity index (χ2v) is 4.86. The van der Waals surface area contributed by atoms with Crippen molar-refractivity contribution in [3.05, 3.63) is 47.3 Å². The molecule has 4 heteroatoms. The zero-order valence-corrected chi connectivity index (χ0v) is 12.5. The molecular formula is C16H23N3O. The van der Waals surface area contributed by atoms with Crippen LogP contribution >= 0.6 is 0 Å². The Kier molecular flexibility index (Phi) is 5.18. The fourth-order valence-electron chi connectivity index (χ4n) is 2.22. The maximum Gasteiger partial charge on any atom is 0.0625 e. The van der Waals surface area contributed by atoms with E-state index in [2.05, 4.69) is 47.7 Å². The molecule has 0 amide bonds. The lowest BCUT2D eigenvalue weighted by Crippen LogP contribution is -2.07.